The Labute approximate surface area is 93.4 Å². The molecular formula is C9H14N2O2S2. The predicted octanol–water partition coefficient (Wildman–Crippen LogP) is 0.687. The number of sulfone groups is 1. The summed E-state index contributed by atoms with van der Waals surface area (Å²) in [6.45, 7) is 0. The van der Waals surface area contributed by atoms with Crippen molar-refractivity contribution >= 4 is 21.2 Å². The maximum Gasteiger partial charge on any atom is 0.150 e. The molecule has 1 aromatic heterocycles. The Morgan fingerprint density at radius 3 is 2.87 bits per heavy atom. The maximum atomic E-state index is 11.4. The van der Waals surface area contributed by atoms with Crippen molar-refractivity contribution in [3.05, 3.63) is 22.4 Å². The standard InChI is InChI=1S/C9H14N2O2S2/c10-11-9(7-1-3-14-5-7)8-2-4-15(12,13)6-8/h1,3,5,8-9,11H,2,4,6,10H2. The van der Waals surface area contributed by atoms with Crippen molar-refractivity contribution in [1.29, 1.82) is 0 Å². The molecule has 2 heterocycles. The first-order valence-corrected chi connectivity index (χ1v) is 7.57. The third-order valence-corrected chi connectivity index (χ3v) is 5.32. The van der Waals surface area contributed by atoms with E-state index in [0.717, 1.165) is 5.56 Å². The lowest BCUT2D eigenvalue weighted by Gasteiger charge is -2.20. The SMILES string of the molecule is NNC(c1ccsc1)C1CCS(=O)(=O)C1. The van der Waals surface area contributed by atoms with E-state index in [0.29, 0.717) is 12.2 Å². The van der Waals surface area contributed by atoms with Gasteiger partial charge in [-0.25, -0.2) is 8.42 Å². The molecule has 1 aliphatic rings. The molecule has 1 fully saturated rings. The zero-order valence-electron chi connectivity index (χ0n) is 8.22. The molecule has 0 radical (unpaired) electrons. The van der Waals surface area contributed by atoms with E-state index in [1.54, 1.807) is 11.3 Å². The van der Waals surface area contributed by atoms with Gasteiger partial charge in [-0.05, 0) is 34.7 Å². The third kappa shape index (κ3) is 2.39. The second-order valence-electron chi connectivity index (χ2n) is 3.86. The number of nitrogens with two attached hydrogens (primary N) is 1. The minimum atomic E-state index is -2.83. The van der Waals surface area contributed by atoms with Crippen LogP contribution in [0.3, 0.4) is 0 Å². The van der Waals surface area contributed by atoms with Crippen molar-refractivity contribution < 1.29 is 8.42 Å². The fourth-order valence-electron chi connectivity index (χ4n) is 2.04. The Kier molecular flexibility index (Phi) is 3.11. The van der Waals surface area contributed by atoms with Gasteiger partial charge < -0.3 is 0 Å². The summed E-state index contributed by atoms with van der Waals surface area (Å²) in [4.78, 5) is 0. The minimum Gasteiger partial charge on any atom is -0.271 e. The highest BCUT2D eigenvalue weighted by molar-refractivity contribution is 7.91. The highest BCUT2D eigenvalue weighted by Gasteiger charge is 2.34. The van der Waals surface area contributed by atoms with E-state index in [-0.39, 0.29) is 17.7 Å². The minimum absolute atomic E-state index is 0.0338. The Hall–Kier alpha value is -0.430. The smallest absolute Gasteiger partial charge is 0.150 e. The molecule has 0 bridgehead atoms. The molecular weight excluding hydrogens is 232 g/mol. The fourth-order valence-corrected chi connectivity index (χ4v) is 4.58. The van der Waals surface area contributed by atoms with Gasteiger partial charge in [-0.3, -0.25) is 11.3 Å². The number of rotatable bonds is 3. The average Bonchev–Trinajstić information content (AvgIpc) is 2.77. The van der Waals surface area contributed by atoms with E-state index in [9.17, 15) is 8.42 Å². The lowest BCUT2D eigenvalue weighted by molar-refractivity contribution is 0.400. The molecule has 84 valence electrons. The Morgan fingerprint density at radius 2 is 2.40 bits per heavy atom. The van der Waals surface area contributed by atoms with Crippen molar-refractivity contribution in [1.82, 2.24) is 5.43 Å². The van der Waals surface area contributed by atoms with Crippen molar-refractivity contribution in [2.75, 3.05) is 11.5 Å². The van der Waals surface area contributed by atoms with Crippen LogP contribution in [0.5, 0.6) is 0 Å². The summed E-state index contributed by atoms with van der Waals surface area (Å²) in [6, 6.07) is 1.95. The normalized spacial score (nSPS) is 26.6. The van der Waals surface area contributed by atoms with Crippen molar-refractivity contribution in [3.63, 3.8) is 0 Å². The van der Waals surface area contributed by atoms with Gasteiger partial charge in [0.25, 0.3) is 0 Å². The van der Waals surface area contributed by atoms with Gasteiger partial charge in [0.15, 0.2) is 9.84 Å². The first-order chi connectivity index (χ1) is 7.12. The van der Waals surface area contributed by atoms with Gasteiger partial charge in [-0.15, -0.1) is 0 Å². The van der Waals surface area contributed by atoms with Crippen molar-refractivity contribution in [3.8, 4) is 0 Å². The Morgan fingerprint density at radius 1 is 1.60 bits per heavy atom. The Bertz CT molecular complexity index is 413. The van der Waals surface area contributed by atoms with Crippen LogP contribution in [0, 0.1) is 5.92 Å². The van der Waals surface area contributed by atoms with E-state index in [1.807, 2.05) is 16.8 Å². The summed E-state index contributed by atoms with van der Waals surface area (Å²) in [5.41, 5.74) is 3.81. The molecule has 6 heteroatoms. The molecule has 1 aromatic rings. The quantitative estimate of drug-likeness (QED) is 0.608. The van der Waals surface area contributed by atoms with E-state index in [4.69, 9.17) is 5.84 Å². The van der Waals surface area contributed by atoms with Crippen LogP contribution in [-0.4, -0.2) is 19.9 Å². The van der Waals surface area contributed by atoms with Crippen LogP contribution < -0.4 is 11.3 Å². The van der Waals surface area contributed by atoms with Gasteiger partial charge in [-0.2, -0.15) is 11.3 Å². The van der Waals surface area contributed by atoms with Crippen LogP contribution in [0.15, 0.2) is 16.8 Å². The molecule has 1 aliphatic heterocycles. The summed E-state index contributed by atoms with van der Waals surface area (Å²) >= 11 is 1.60. The lowest BCUT2D eigenvalue weighted by atomic mass is 9.95. The van der Waals surface area contributed by atoms with Gasteiger partial charge in [-0.1, -0.05) is 0 Å². The van der Waals surface area contributed by atoms with E-state index < -0.39 is 9.84 Å². The van der Waals surface area contributed by atoms with E-state index >= 15 is 0 Å². The van der Waals surface area contributed by atoms with Gasteiger partial charge in [0.05, 0.1) is 17.5 Å². The van der Waals surface area contributed by atoms with Crippen LogP contribution in [0.25, 0.3) is 0 Å². The van der Waals surface area contributed by atoms with Crippen LogP contribution in [0.2, 0.25) is 0 Å². The monoisotopic (exact) mass is 246 g/mol. The van der Waals surface area contributed by atoms with Gasteiger partial charge in [0, 0.05) is 0 Å². The molecule has 2 atom stereocenters. The molecule has 4 nitrogen and oxygen atoms in total. The molecule has 0 aromatic carbocycles. The molecule has 1 saturated heterocycles. The summed E-state index contributed by atoms with van der Waals surface area (Å²) in [7, 11) is -2.83. The van der Waals surface area contributed by atoms with E-state index in [2.05, 4.69) is 5.43 Å². The summed E-state index contributed by atoms with van der Waals surface area (Å²) in [6.07, 6.45) is 0.701. The van der Waals surface area contributed by atoms with Crippen LogP contribution >= 0.6 is 11.3 Å². The summed E-state index contributed by atoms with van der Waals surface area (Å²) in [5, 5.41) is 3.98. The molecule has 0 amide bonds. The number of hydrogen-bond acceptors (Lipinski definition) is 5. The van der Waals surface area contributed by atoms with Crippen LogP contribution in [-0.2, 0) is 9.84 Å². The van der Waals surface area contributed by atoms with Crippen LogP contribution in [0.1, 0.15) is 18.0 Å². The highest BCUT2D eigenvalue weighted by atomic mass is 32.2. The summed E-state index contributed by atoms with van der Waals surface area (Å²) in [5.74, 6) is 6.14. The molecule has 15 heavy (non-hydrogen) atoms. The number of thiophene rings is 1. The second kappa shape index (κ2) is 4.21. The zero-order chi connectivity index (χ0) is 10.9. The van der Waals surface area contributed by atoms with Gasteiger partial charge >= 0.3 is 0 Å². The van der Waals surface area contributed by atoms with Gasteiger partial charge in [0.2, 0.25) is 0 Å². The number of hydrazine groups is 1. The molecule has 0 aliphatic carbocycles. The second-order valence-corrected chi connectivity index (χ2v) is 6.87. The molecule has 0 spiro atoms. The maximum absolute atomic E-state index is 11.4. The van der Waals surface area contributed by atoms with Crippen molar-refractivity contribution in [2.45, 2.75) is 12.5 Å². The zero-order valence-corrected chi connectivity index (χ0v) is 9.85. The third-order valence-electron chi connectivity index (χ3n) is 2.82. The number of hydrogen-bond donors (Lipinski definition) is 2. The highest BCUT2D eigenvalue weighted by Crippen LogP contribution is 2.31. The molecule has 2 unspecified atom stereocenters. The van der Waals surface area contributed by atoms with Crippen molar-refractivity contribution in [2.24, 2.45) is 11.8 Å². The topological polar surface area (TPSA) is 72.2 Å². The van der Waals surface area contributed by atoms with Crippen LogP contribution in [0.4, 0.5) is 0 Å². The molecule has 3 N–H and O–H groups in total. The Balaban J connectivity index is 2.16. The number of nitrogens with one attached hydrogen (secondary N) is 1. The summed E-state index contributed by atoms with van der Waals surface area (Å²) < 4.78 is 22.7. The average molecular weight is 246 g/mol. The largest absolute Gasteiger partial charge is 0.271 e. The molecule has 2 rings (SSSR count). The fraction of sp³-hybridized carbons (Fsp3) is 0.556. The predicted molar refractivity (Wildman–Crippen MR) is 61.1 cm³/mol. The first kappa shape index (κ1) is 11.1. The van der Waals surface area contributed by atoms with Gasteiger partial charge in [0.1, 0.15) is 0 Å². The lowest BCUT2D eigenvalue weighted by Crippen LogP contribution is -2.33. The molecule has 0 saturated carbocycles. The first-order valence-electron chi connectivity index (χ1n) is 4.81. The van der Waals surface area contributed by atoms with E-state index in [1.165, 1.54) is 0 Å².